The summed E-state index contributed by atoms with van der Waals surface area (Å²) in [6, 6.07) is 0. The van der Waals surface area contributed by atoms with E-state index < -0.39 is 23.6 Å². The summed E-state index contributed by atoms with van der Waals surface area (Å²) in [5.74, 6) is -1.80. The molecule has 0 aromatic carbocycles. The van der Waals surface area contributed by atoms with Crippen molar-refractivity contribution in [3.63, 3.8) is 0 Å². The molecular weight excluding hydrogens is 319 g/mol. The van der Waals surface area contributed by atoms with Crippen molar-refractivity contribution in [3.8, 4) is 10.4 Å². The van der Waals surface area contributed by atoms with Gasteiger partial charge in [0.25, 0.3) is 0 Å². The predicted molar refractivity (Wildman–Crippen MR) is 73.3 cm³/mol. The number of ether oxygens (including phenoxy) is 1. The minimum atomic E-state index is -4.59. The summed E-state index contributed by atoms with van der Waals surface area (Å²) in [7, 11) is 0. The Hall–Kier alpha value is -2.03. The van der Waals surface area contributed by atoms with E-state index in [2.05, 4.69) is 15.0 Å². The molecule has 0 N–H and O–H groups in total. The van der Waals surface area contributed by atoms with Crippen molar-refractivity contribution in [2.45, 2.75) is 32.5 Å². The molecule has 0 unspecified atom stereocenters. The van der Waals surface area contributed by atoms with Gasteiger partial charge in [0.05, 0.1) is 4.88 Å². The van der Waals surface area contributed by atoms with Crippen LogP contribution in [-0.4, -0.2) is 26.5 Å². The number of esters is 1. The largest absolute Gasteiger partial charge is 0.455 e. The number of thiazole rings is 1. The van der Waals surface area contributed by atoms with Crippen molar-refractivity contribution in [2.24, 2.45) is 0 Å². The van der Waals surface area contributed by atoms with Gasteiger partial charge in [-0.15, -0.1) is 11.3 Å². The first kappa shape index (κ1) is 16.3. The van der Waals surface area contributed by atoms with Crippen molar-refractivity contribution in [3.05, 3.63) is 29.4 Å². The van der Waals surface area contributed by atoms with Crippen molar-refractivity contribution < 1.29 is 22.7 Å². The lowest BCUT2D eigenvalue weighted by atomic mass is 10.2. The average Bonchev–Trinajstić information content (AvgIpc) is 2.85. The lowest BCUT2D eigenvalue weighted by molar-refractivity contribution is -0.144. The van der Waals surface area contributed by atoms with Crippen molar-refractivity contribution in [2.75, 3.05) is 0 Å². The number of carbonyl (C=O) groups is 1. The van der Waals surface area contributed by atoms with Crippen LogP contribution in [-0.2, 0) is 10.9 Å². The minimum Gasteiger partial charge on any atom is -0.455 e. The van der Waals surface area contributed by atoms with Gasteiger partial charge in [-0.1, -0.05) is 0 Å². The maximum absolute atomic E-state index is 12.4. The lowest BCUT2D eigenvalue weighted by Crippen LogP contribution is -2.23. The third-order valence-corrected chi connectivity index (χ3v) is 3.30. The molecule has 0 amide bonds. The number of hydrogen-bond acceptors (Lipinski definition) is 6. The standard InChI is InChI=1S/C13H12F3N3O2S/c1-12(2,3)21-10(20)9-17-6-8(22-9)7-4-18-11(19-5-7)13(14,15)16/h4-6H,1-3H3. The summed E-state index contributed by atoms with van der Waals surface area (Å²) in [6.45, 7) is 5.18. The summed E-state index contributed by atoms with van der Waals surface area (Å²) in [4.78, 5) is 22.8. The van der Waals surface area contributed by atoms with E-state index >= 15 is 0 Å². The van der Waals surface area contributed by atoms with Gasteiger partial charge in [-0.3, -0.25) is 0 Å². The molecular formula is C13H12F3N3O2S. The van der Waals surface area contributed by atoms with Gasteiger partial charge >= 0.3 is 12.1 Å². The fraction of sp³-hybridized carbons (Fsp3) is 0.385. The van der Waals surface area contributed by atoms with Gasteiger partial charge in [0.15, 0.2) is 0 Å². The highest BCUT2D eigenvalue weighted by Gasteiger charge is 2.34. The zero-order valence-electron chi connectivity index (χ0n) is 11.9. The molecule has 0 aliphatic rings. The average molecular weight is 331 g/mol. The minimum absolute atomic E-state index is 0.116. The Bertz CT molecular complexity index is 675. The van der Waals surface area contributed by atoms with Crippen LogP contribution in [0.15, 0.2) is 18.6 Å². The quantitative estimate of drug-likeness (QED) is 0.787. The van der Waals surface area contributed by atoms with Crippen LogP contribution >= 0.6 is 11.3 Å². The van der Waals surface area contributed by atoms with E-state index in [9.17, 15) is 18.0 Å². The highest BCUT2D eigenvalue weighted by Crippen LogP contribution is 2.29. The molecule has 2 heterocycles. The third kappa shape index (κ3) is 4.00. The third-order valence-electron chi connectivity index (χ3n) is 2.27. The first-order valence-corrected chi connectivity index (χ1v) is 6.97. The second-order valence-electron chi connectivity index (χ2n) is 5.32. The van der Waals surface area contributed by atoms with Crippen LogP contribution in [0.5, 0.6) is 0 Å². The molecule has 0 saturated heterocycles. The zero-order valence-corrected chi connectivity index (χ0v) is 12.7. The zero-order chi connectivity index (χ0) is 16.5. The lowest BCUT2D eigenvalue weighted by Gasteiger charge is -2.18. The fourth-order valence-electron chi connectivity index (χ4n) is 1.43. The topological polar surface area (TPSA) is 65.0 Å². The van der Waals surface area contributed by atoms with Crippen LogP contribution in [0.3, 0.4) is 0 Å². The Kier molecular flexibility index (Phi) is 4.19. The van der Waals surface area contributed by atoms with Gasteiger partial charge in [0.1, 0.15) is 5.60 Å². The fourth-order valence-corrected chi connectivity index (χ4v) is 2.19. The molecule has 22 heavy (non-hydrogen) atoms. The van der Waals surface area contributed by atoms with Crippen LogP contribution in [0.1, 0.15) is 36.4 Å². The molecule has 9 heteroatoms. The molecule has 0 saturated carbocycles. The SMILES string of the molecule is CC(C)(C)OC(=O)c1ncc(-c2cnc(C(F)(F)F)nc2)s1. The van der Waals surface area contributed by atoms with Crippen molar-refractivity contribution in [1.29, 1.82) is 0 Å². The number of carbonyl (C=O) groups excluding carboxylic acids is 1. The van der Waals surface area contributed by atoms with Crippen LogP contribution in [0, 0.1) is 0 Å². The number of hydrogen-bond donors (Lipinski definition) is 0. The first-order valence-electron chi connectivity index (χ1n) is 6.15. The molecule has 0 fully saturated rings. The van der Waals surface area contributed by atoms with E-state index in [4.69, 9.17) is 4.74 Å². The second kappa shape index (κ2) is 5.64. The van der Waals surface area contributed by atoms with E-state index in [1.807, 2.05) is 0 Å². The summed E-state index contributed by atoms with van der Waals surface area (Å²) in [5, 5.41) is 0.116. The number of nitrogens with zero attached hydrogens (tertiary/aromatic N) is 3. The number of halogens is 3. The Morgan fingerprint density at radius 2 is 1.68 bits per heavy atom. The van der Waals surface area contributed by atoms with E-state index in [0.717, 1.165) is 23.7 Å². The van der Waals surface area contributed by atoms with Crippen molar-refractivity contribution in [1.82, 2.24) is 15.0 Å². The van der Waals surface area contributed by atoms with Gasteiger partial charge in [0.2, 0.25) is 10.8 Å². The van der Waals surface area contributed by atoms with Crippen LogP contribution in [0.25, 0.3) is 10.4 Å². The summed E-state index contributed by atoms with van der Waals surface area (Å²) in [5.41, 5.74) is -0.305. The monoisotopic (exact) mass is 331 g/mol. The van der Waals surface area contributed by atoms with Gasteiger partial charge in [-0.05, 0) is 20.8 Å². The Morgan fingerprint density at radius 1 is 1.09 bits per heavy atom. The number of alkyl halides is 3. The number of aromatic nitrogens is 3. The Morgan fingerprint density at radius 3 is 2.18 bits per heavy atom. The molecule has 0 atom stereocenters. The molecule has 2 aromatic heterocycles. The predicted octanol–water partition coefficient (Wildman–Crippen LogP) is 3.57. The molecule has 2 rings (SSSR count). The van der Waals surface area contributed by atoms with Gasteiger partial charge in [0, 0.05) is 24.2 Å². The summed E-state index contributed by atoms with van der Waals surface area (Å²) in [6.07, 6.45) is -1.13. The van der Waals surface area contributed by atoms with Crippen LogP contribution in [0.4, 0.5) is 13.2 Å². The highest BCUT2D eigenvalue weighted by molar-refractivity contribution is 7.16. The molecule has 0 bridgehead atoms. The highest BCUT2D eigenvalue weighted by atomic mass is 32.1. The molecule has 0 aliphatic heterocycles. The smallest absolute Gasteiger partial charge is 0.451 e. The second-order valence-corrected chi connectivity index (χ2v) is 6.36. The summed E-state index contributed by atoms with van der Waals surface area (Å²) >= 11 is 1.00. The normalized spacial score (nSPS) is 12.3. The van der Waals surface area contributed by atoms with Gasteiger partial charge in [-0.25, -0.2) is 19.7 Å². The molecule has 0 radical (unpaired) electrons. The molecule has 2 aromatic rings. The van der Waals surface area contributed by atoms with E-state index in [-0.39, 0.29) is 5.01 Å². The van der Waals surface area contributed by atoms with E-state index in [1.54, 1.807) is 20.8 Å². The maximum Gasteiger partial charge on any atom is 0.451 e. The molecule has 118 valence electrons. The Labute approximate surface area is 128 Å². The van der Waals surface area contributed by atoms with E-state index in [0.29, 0.717) is 10.4 Å². The molecule has 5 nitrogen and oxygen atoms in total. The van der Waals surface area contributed by atoms with E-state index in [1.165, 1.54) is 6.20 Å². The summed E-state index contributed by atoms with van der Waals surface area (Å²) < 4.78 is 42.3. The number of rotatable bonds is 2. The van der Waals surface area contributed by atoms with Crippen LogP contribution in [0.2, 0.25) is 0 Å². The van der Waals surface area contributed by atoms with Gasteiger partial charge in [-0.2, -0.15) is 13.2 Å². The van der Waals surface area contributed by atoms with Crippen molar-refractivity contribution >= 4 is 17.3 Å². The first-order chi connectivity index (χ1) is 10.1. The maximum atomic E-state index is 12.4. The van der Waals surface area contributed by atoms with Crippen LogP contribution < -0.4 is 0 Å². The van der Waals surface area contributed by atoms with Gasteiger partial charge < -0.3 is 4.74 Å². The molecule has 0 aliphatic carbocycles. The Balaban J connectivity index is 2.20. The molecule has 0 spiro atoms.